The Hall–Kier alpha value is -3.41. The van der Waals surface area contributed by atoms with Crippen LogP contribution in [0.2, 0.25) is 0 Å². The van der Waals surface area contributed by atoms with E-state index in [1.807, 2.05) is 0 Å². The summed E-state index contributed by atoms with van der Waals surface area (Å²) in [6, 6.07) is 12.4. The molecule has 0 heterocycles. The molecule has 0 aliphatic carbocycles. The summed E-state index contributed by atoms with van der Waals surface area (Å²) < 4.78 is 23.3. The minimum Gasteiger partial charge on any atom is -0.490 e. The molecule has 1 amide bonds. The smallest absolute Gasteiger partial charge is 0.331 e. The van der Waals surface area contributed by atoms with Crippen molar-refractivity contribution in [2.75, 3.05) is 11.9 Å². The molecule has 140 valence electrons. The van der Waals surface area contributed by atoms with E-state index in [4.69, 9.17) is 9.47 Å². The van der Waals surface area contributed by atoms with Gasteiger partial charge in [-0.15, -0.1) is 0 Å². The van der Waals surface area contributed by atoms with Crippen LogP contribution in [0.1, 0.15) is 12.5 Å². The van der Waals surface area contributed by atoms with E-state index in [1.165, 1.54) is 37.3 Å². The van der Waals surface area contributed by atoms with Crippen molar-refractivity contribution >= 4 is 23.6 Å². The zero-order chi connectivity index (χ0) is 19.6. The monoisotopic (exact) mass is 369 g/mol. The van der Waals surface area contributed by atoms with Gasteiger partial charge in [0, 0.05) is 11.8 Å². The second kappa shape index (κ2) is 9.91. The van der Waals surface area contributed by atoms with Crippen LogP contribution in [0, 0.1) is 5.82 Å². The van der Waals surface area contributed by atoms with E-state index in [0.29, 0.717) is 18.0 Å². The molecule has 2 aromatic carbocycles. The van der Waals surface area contributed by atoms with Crippen LogP contribution < -0.4 is 10.1 Å². The molecule has 0 aliphatic rings. The van der Waals surface area contributed by atoms with Crippen LogP contribution in [-0.4, -0.2) is 24.6 Å². The maximum absolute atomic E-state index is 12.9. The highest BCUT2D eigenvalue weighted by molar-refractivity contribution is 5.96. The lowest BCUT2D eigenvalue weighted by molar-refractivity contribution is -0.148. The van der Waals surface area contributed by atoms with Gasteiger partial charge >= 0.3 is 5.97 Å². The number of benzene rings is 2. The Morgan fingerprint density at radius 1 is 1.15 bits per heavy atom. The van der Waals surface area contributed by atoms with Crippen molar-refractivity contribution in [2.45, 2.75) is 13.0 Å². The number of carbonyl (C=O) groups excluding carboxylic acids is 2. The zero-order valence-corrected chi connectivity index (χ0v) is 14.9. The molecule has 27 heavy (non-hydrogen) atoms. The summed E-state index contributed by atoms with van der Waals surface area (Å²) in [6.45, 7) is 5.44. The van der Waals surface area contributed by atoms with Crippen molar-refractivity contribution in [3.8, 4) is 5.75 Å². The first kappa shape index (κ1) is 19.9. The molecule has 6 heteroatoms. The molecule has 5 nitrogen and oxygen atoms in total. The molecule has 0 aromatic heterocycles. The number of hydrogen-bond donors (Lipinski definition) is 1. The Labute approximate surface area is 157 Å². The Balaban J connectivity index is 1.84. The number of nitrogens with one attached hydrogen (secondary N) is 1. The topological polar surface area (TPSA) is 64.6 Å². The highest BCUT2D eigenvalue weighted by atomic mass is 19.1. The molecule has 0 spiro atoms. The fourth-order valence-corrected chi connectivity index (χ4v) is 2.04. The first-order valence-electron chi connectivity index (χ1n) is 8.27. The molecule has 0 saturated heterocycles. The summed E-state index contributed by atoms with van der Waals surface area (Å²) in [4.78, 5) is 23.9. The van der Waals surface area contributed by atoms with E-state index in [0.717, 1.165) is 5.56 Å². The SMILES string of the molecule is C=CCOc1ccc(/C=C/C(=O)O[C@@H](C)C(=O)Nc2ccc(F)cc2)cc1. The minimum atomic E-state index is -0.998. The van der Waals surface area contributed by atoms with Crippen LogP contribution in [0.5, 0.6) is 5.75 Å². The van der Waals surface area contributed by atoms with Gasteiger partial charge in [0.1, 0.15) is 18.2 Å². The molecule has 2 rings (SSSR count). The highest BCUT2D eigenvalue weighted by Gasteiger charge is 2.16. The number of halogens is 1. The lowest BCUT2D eigenvalue weighted by Gasteiger charge is -2.12. The third kappa shape index (κ3) is 6.78. The molecule has 1 N–H and O–H groups in total. The molecule has 0 aliphatic heterocycles. The van der Waals surface area contributed by atoms with E-state index in [9.17, 15) is 14.0 Å². The predicted octanol–water partition coefficient (Wildman–Crippen LogP) is 3.97. The second-order valence-electron chi connectivity index (χ2n) is 5.58. The van der Waals surface area contributed by atoms with Gasteiger partial charge in [-0.25, -0.2) is 9.18 Å². The lowest BCUT2D eigenvalue weighted by atomic mass is 10.2. The number of rotatable bonds is 8. The average molecular weight is 369 g/mol. The van der Waals surface area contributed by atoms with Gasteiger partial charge in [-0.1, -0.05) is 24.8 Å². The van der Waals surface area contributed by atoms with Gasteiger partial charge in [-0.05, 0) is 55.0 Å². The fraction of sp³-hybridized carbons (Fsp3) is 0.143. The number of ether oxygens (including phenoxy) is 2. The molecule has 0 saturated carbocycles. The normalized spacial score (nSPS) is 11.6. The van der Waals surface area contributed by atoms with E-state index in [2.05, 4.69) is 11.9 Å². The summed E-state index contributed by atoms with van der Waals surface area (Å²) in [5, 5.41) is 2.54. The summed E-state index contributed by atoms with van der Waals surface area (Å²) in [5.41, 5.74) is 1.19. The van der Waals surface area contributed by atoms with Crippen molar-refractivity contribution < 1.29 is 23.5 Å². The van der Waals surface area contributed by atoms with Gasteiger partial charge in [0.25, 0.3) is 5.91 Å². The summed E-state index contributed by atoms with van der Waals surface area (Å²) in [5.74, 6) is -0.866. The van der Waals surface area contributed by atoms with Crippen molar-refractivity contribution in [2.24, 2.45) is 0 Å². The molecule has 1 atom stereocenters. The first-order chi connectivity index (χ1) is 13.0. The number of esters is 1. The first-order valence-corrected chi connectivity index (χ1v) is 8.27. The molecule has 0 bridgehead atoms. The maximum atomic E-state index is 12.9. The van der Waals surface area contributed by atoms with Crippen molar-refractivity contribution in [3.05, 3.63) is 78.6 Å². The van der Waals surface area contributed by atoms with Gasteiger partial charge < -0.3 is 14.8 Å². The van der Waals surface area contributed by atoms with Crippen LogP contribution in [0.25, 0.3) is 6.08 Å². The van der Waals surface area contributed by atoms with Crippen LogP contribution in [0.3, 0.4) is 0 Å². The molecule has 0 fully saturated rings. The summed E-state index contributed by atoms with van der Waals surface area (Å²) in [6.07, 6.45) is 3.46. The maximum Gasteiger partial charge on any atom is 0.331 e. The highest BCUT2D eigenvalue weighted by Crippen LogP contribution is 2.13. The molecule has 0 radical (unpaired) electrons. The van der Waals surface area contributed by atoms with E-state index in [1.54, 1.807) is 36.4 Å². The third-order valence-corrected chi connectivity index (χ3v) is 3.43. The van der Waals surface area contributed by atoms with Gasteiger partial charge in [-0.2, -0.15) is 0 Å². The van der Waals surface area contributed by atoms with E-state index < -0.39 is 23.8 Å². The number of hydrogen-bond acceptors (Lipinski definition) is 4. The number of anilines is 1. The Bertz CT molecular complexity index is 813. The van der Waals surface area contributed by atoms with Crippen molar-refractivity contribution in [3.63, 3.8) is 0 Å². The average Bonchev–Trinajstić information content (AvgIpc) is 2.67. The molecule has 0 unspecified atom stereocenters. The van der Waals surface area contributed by atoms with Gasteiger partial charge in [0.2, 0.25) is 0 Å². The summed E-state index contributed by atoms with van der Waals surface area (Å²) in [7, 11) is 0. The van der Waals surface area contributed by atoms with E-state index >= 15 is 0 Å². The Morgan fingerprint density at radius 2 is 1.81 bits per heavy atom. The van der Waals surface area contributed by atoms with Gasteiger partial charge in [-0.3, -0.25) is 4.79 Å². The predicted molar refractivity (Wildman–Crippen MR) is 102 cm³/mol. The Kier molecular flexibility index (Phi) is 7.31. The van der Waals surface area contributed by atoms with Crippen LogP contribution in [-0.2, 0) is 14.3 Å². The van der Waals surface area contributed by atoms with E-state index in [-0.39, 0.29) is 0 Å². The third-order valence-electron chi connectivity index (χ3n) is 3.43. The van der Waals surface area contributed by atoms with Crippen LogP contribution >= 0.6 is 0 Å². The largest absolute Gasteiger partial charge is 0.490 e. The summed E-state index contributed by atoms with van der Waals surface area (Å²) >= 11 is 0. The molecule has 2 aromatic rings. The minimum absolute atomic E-state index is 0.405. The number of carbonyl (C=O) groups is 2. The van der Waals surface area contributed by atoms with Crippen molar-refractivity contribution in [1.82, 2.24) is 0 Å². The number of amides is 1. The van der Waals surface area contributed by atoms with Crippen LogP contribution in [0.15, 0.2) is 67.3 Å². The molecular weight excluding hydrogens is 349 g/mol. The Morgan fingerprint density at radius 3 is 2.44 bits per heavy atom. The quantitative estimate of drug-likeness (QED) is 0.434. The second-order valence-corrected chi connectivity index (χ2v) is 5.58. The lowest BCUT2D eigenvalue weighted by Crippen LogP contribution is -2.29. The van der Waals surface area contributed by atoms with Gasteiger partial charge in [0.05, 0.1) is 0 Å². The van der Waals surface area contributed by atoms with Crippen molar-refractivity contribution in [1.29, 1.82) is 0 Å². The zero-order valence-electron chi connectivity index (χ0n) is 14.9. The van der Waals surface area contributed by atoms with Crippen LogP contribution in [0.4, 0.5) is 10.1 Å². The standard InChI is InChI=1S/C21H20FNO4/c1-3-14-26-19-11-4-16(5-12-19)6-13-20(24)27-15(2)21(25)23-18-9-7-17(22)8-10-18/h3-13,15H,1,14H2,2H3,(H,23,25)/b13-6+/t15-/m0/s1. The van der Waals surface area contributed by atoms with Gasteiger partial charge in [0.15, 0.2) is 6.10 Å². The fourth-order valence-electron chi connectivity index (χ4n) is 2.04. The molecular formula is C21H20FNO4.